The second-order valence-electron chi connectivity index (χ2n) is 8.29. The van der Waals surface area contributed by atoms with Crippen molar-refractivity contribution in [3.63, 3.8) is 0 Å². The summed E-state index contributed by atoms with van der Waals surface area (Å²) in [4.78, 5) is 4.94. The zero-order valence-electron chi connectivity index (χ0n) is 19.8. The molecule has 0 bridgehead atoms. The van der Waals surface area contributed by atoms with Crippen molar-refractivity contribution in [2.75, 3.05) is 5.75 Å². The number of hydrogen-bond acceptors (Lipinski definition) is 5. The van der Waals surface area contributed by atoms with Crippen LogP contribution in [-0.2, 0) is 16.9 Å². The second-order valence-corrected chi connectivity index (χ2v) is 10.6. The fourth-order valence-corrected chi connectivity index (χ4v) is 4.99. The molecule has 0 aliphatic heterocycles. The van der Waals surface area contributed by atoms with E-state index in [1.165, 1.54) is 0 Å². The van der Waals surface area contributed by atoms with Crippen LogP contribution in [0.3, 0.4) is 0 Å². The van der Waals surface area contributed by atoms with Gasteiger partial charge in [-0.2, -0.15) is 10.4 Å². The number of rotatable bonds is 6. The normalized spacial score (nSPS) is 12.1. The molecule has 0 aliphatic carbocycles. The summed E-state index contributed by atoms with van der Waals surface area (Å²) in [5.41, 5.74) is 5.09. The van der Waals surface area contributed by atoms with Crippen LogP contribution in [0.4, 0.5) is 0 Å². The number of imidazole rings is 1. The average molecular weight is 494 g/mol. The van der Waals surface area contributed by atoms with E-state index >= 15 is 0 Å². The lowest BCUT2D eigenvalue weighted by atomic mass is 10.1. The minimum Gasteiger partial charge on any atom is -0.327 e. The topological polar surface area (TPSA) is 93.6 Å². The number of benzene rings is 3. The molecule has 5 rings (SSSR count). The van der Waals surface area contributed by atoms with Crippen LogP contribution >= 0.6 is 0 Å². The number of nitrogens with zero attached hydrogens (tertiary/aromatic N) is 5. The summed E-state index contributed by atoms with van der Waals surface area (Å²) < 4.78 is 28.2. The molecule has 2 aromatic heterocycles. The van der Waals surface area contributed by atoms with Gasteiger partial charge in [-0.15, -0.1) is 0 Å². The maximum absolute atomic E-state index is 12.3. The predicted octanol–water partition coefficient (Wildman–Crippen LogP) is 5.28. The number of allylic oxidation sites excluding steroid dienone is 1. The van der Waals surface area contributed by atoms with Crippen molar-refractivity contribution in [2.24, 2.45) is 7.05 Å². The lowest BCUT2D eigenvalue weighted by molar-refractivity contribution is 0.597. The molecule has 0 aliphatic rings. The van der Waals surface area contributed by atoms with Crippen LogP contribution in [-0.4, -0.2) is 33.5 Å². The highest BCUT2D eigenvalue weighted by Gasteiger charge is 2.17. The van der Waals surface area contributed by atoms with Gasteiger partial charge in [0.25, 0.3) is 0 Å². The second kappa shape index (κ2) is 9.29. The van der Waals surface area contributed by atoms with Crippen molar-refractivity contribution in [1.82, 2.24) is 19.3 Å². The van der Waals surface area contributed by atoms with E-state index in [2.05, 4.69) is 11.1 Å². The van der Waals surface area contributed by atoms with Crippen LogP contribution < -0.4 is 0 Å². The fourth-order valence-electron chi connectivity index (χ4n) is 4.11. The quantitative estimate of drug-likeness (QED) is 0.300. The third-order valence-electron chi connectivity index (χ3n) is 6.08. The van der Waals surface area contributed by atoms with E-state index in [9.17, 15) is 13.7 Å². The van der Waals surface area contributed by atoms with Gasteiger partial charge in [0.1, 0.15) is 6.07 Å². The van der Waals surface area contributed by atoms with Crippen LogP contribution in [0, 0.1) is 11.3 Å². The number of nitriles is 1. The Morgan fingerprint density at radius 1 is 1.00 bits per heavy atom. The first-order valence-corrected chi connectivity index (χ1v) is 13.1. The van der Waals surface area contributed by atoms with Crippen molar-refractivity contribution < 1.29 is 8.42 Å². The van der Waals surface area contributed by atoms with Crippen LogP contribution in [0.15, 0.2) is 90.0 Å². The number of sulfone groups is 1. The van der Waals surface area contributed by atoms with Crippen LogP contribution in [0.1, 0.15) is 18.3 Å². The molecule has 0 atom stereocenters. The number of fused-ring (bicyclic) bond motifs is 1. The highest BCUT2D eigenvalue weighted by atomic mass is 32.2. The Morgan fingerprint density at radius 3 is 2.36 bits per heavy atom. The van der Waals surface area contributed by atoms with Crippen molar-refractivity contribution in [1.29, 1.82) is 5.26 Å². The molecular weight excluding hydrogens is 470 g/mol. The lowest BCUT2D eigenvalue weighted by Crippen LogP contribution is -2.03. The molecule has 5 aromatic rings. The number of aromatic nitrogens is 4. The van der Waals surface area contributed by atoms with E-state index in [1.54, 1.807) is 41.9 Å². The molecule has 7 nitrogen and oxygen atoms in total. The van der Waals surface area contributed by atoms with Crippen molar-refractivity contribution in [3.05, 3.63) is 96.4 Å². The van der Waals surface area contributed by atoms with Gasteiger partial charge < -0.3 is 4.57 Å². The average Bonchev–Trinajstić information content (AvgIpc) is 3.49. The number of para-hydroxylation sites is 3. The monoisotopic (exact) mass is 493 g/mol. The molecule has 0 N–H and O–H groups in total. The Kier molecular flexibility index (Phi) is 6.00. The molecule has 3 aromatic carbocycles. The maximum atomic E-state index is 12.3. The van der Waals surface area contributed by atoms with Gasteiger partial charge in [0.05, 0.1) is 38.6 Å². The molecule has 0 fully saturated rings. The SMILES string of the molecule is CCS(=O)(=O)c1ccc(-c2nn(-c3ccccc3)cc2/C=C(/C#N)c2nc3ccccc3n2C)cc1. The zero-order chi connectivity index (χ0) is 25.3. The largest absolute Gasteiger partial charge is 0.327 e. The van der Waals surface area contributed by atoms with Crippen molar-refractivity contribution in [3.8, 4) is 23.0 Å². The Hall–Kier alpha value is -4.48. The summed E-state index contributed by atoms with van der Waals surface area (Å²) in [5.74, 6) is 0.591. The molecule has 178 valence electrons. The Balaban J connectivity index is 1.67. The zero-order valence-corrected chi connectivity index (χ0v) is 20.6. The molecule has 8 heteroatoms. The van der Waals surface area contributed by atoms with Crippen LogP contribution in [0.2, 0.25) is 0 Å². The fraction of sp³-hybridized carbons (Fsp3) is 0.107. The van der Waals surface area contributed by atoms with E-state index in [1.807, 2.05) is 72.4 Å². The van der Waals surface area contributed by atoms with E-state index in [-0.39, 0.29) is 10.6 Å². The molecule has 0 radical (unpaired) electrons. The van der Waals surface area contributed by atoms with Gasteiger partial charge >= 0.3 is 0 Å². The first-order chi connectivity index (χ1) is 17.4. The van der Waals surface area contributed by atoms with E-state index in [0.29, 0.717) is 22.7 Å². The molecule has 0 spiro atoms. The van der Waals surface area contributed by atoms with Crippen LogP contribution in [0.25, 0.3) is 39.6 Å². The summed E-state index contributed by atoms with van der Waals surface area (Å²) in [7, 11) is -1.43. The first-order valence-electron chi connectivity index (χ1n) is 11.4. The van der Waals surface area contributed by atoms with E-state index < -0.39 is 9.84 Å². The molecule has 36 heavy (non-hydrogen) atoms. The Bertz CT molecular complexity index is 1740. The van der Waals surface area contributed by atoms with Gasteiger partial charge in [-0.3, -0.25) is 0 Å². The highest BCUT2D eigenvalue weighted by Crippen LogP contribution is 2.29. The van der Waals surface area contributed by atoms with Gasteiger partial charge in [0, 0.05) is 24.4 Å². The third-order valence-corrected chi connectivity index (χ3v) is 7.83. The van der Waals surface area contributed by atoms with Crippen molar-refractivity contribution >= 4 is 32.5 Å². The lowest BCUT2D eigenvalue weighted by Gasteiger charge is -2.04. The summed E-state index contributed by atoms with van der Waals surface area (Å²) in [5, 5.41) is 14.9. The van der Waals surface area contributed by atoms with Gasteiger partial charge in [-0.05, 0) is 42.5 Å². The number of hydrogen-bond donors (Lipinski definition) is 0. The molecule has 0 saturated carbocycles. The van der Waals surface area contributed by atoms with Crippen LogP contribution in [0.5, 0.6) is 0 Å². The van der Waals surface area contributed by atoms with E-state index in [0.717, 1.165) is 22.3 Å². The Morgan fingerprint density at radius 2 is 1.69 bits per heavy atom. The Labute approximate surface area is 209 Å². The predicted molar refractivity (Wildman–Crippen MR) is 141 cm³/mol. The molecular formula is C28H23N5O2S. The summed E-state index contributed by atoms with van der Waals surface area (Å²) >= 11 is 0. The summed E-state index contributed by atoms with van der Waals surface area (Å²) in [6, 6.07) is 26.4. The smallest absolute Gasteiger partial charge is 0.178 e. The highest BCUT2D eigenvalue weighted by molar-refractivity contribution is 7.91. The maximum Gasteiger partial charge on any atom is 0.178 e. The van der Waals surface area contributed by atoms with Gasteiger partial charge in [0.15, 0.2) is 15.7 Å². The summed E-state index contributed by atoms with van der Waals surface area (Å²) in [6.45, 7) is 1.62. The number of aryl methyl sites for hydroxylation is 1. The molecule has 0 unspecified atom stereocenters. The van der Waals surface area contributed by atoms with Gasteiger partial charge in [0.2, 0.25) is 0 Å². The first kappa shape index (κ1) is 23.3. The van der Waals surface area contributed by atoms with E-state index in [4.69, 9.17) is 5.10 Å². The molecule has 2 heterocycles. The molecule has 0 amide bonds. The third kappa shape index (κ3) is 4.21. The molecule has 0 saturated heterocycles. The minimum absolute atomic E-state index is 0.0342. The van der Waals surface area contributed by atoms with Crippen molar-refractivity contribution in [2.45, 2.75) is 11.8 Å². The van der Waals surface area contributed by atoms with Gasteiger partial charge in [-0.25, -0.2) is 18.1 Å². The minimum atomic E-state index is -3.31. The standard InChI is InChI=1S/C28H23N5O2S/c1-3-36(34,35)24-15-13-20(14-16-24)27-22(19-33(31-27)23-9-5-4-6-10-23)17-21(18-29)28-30-25-11-7-8-12-26(25)32(28)2/h4-17,19H,3H2,1-2H3/b21-17-. The summed E-state index contributed by atoms with van der Waals surface area (Å²) in [6.07, 6.45) is 3.64. The van der Waals surface area contributed by atoms with Gasteiger partial charge in [-0.1, -0.05) is 49.4 Å².